The fourth-order valence-corrected chi connectivity index (χ4v) is 2.35. The van der Waals surface area contributed by atoms with Gasteiger partial charge in [0, 0.05) is 11.9 Å². The van der Waals surface area contributed by atoms with Gasteiger partial charge in [-0.15, -0.1) is 11.8 Å². The minimum Gasteiger partial charge on any atom is -0.492 e. The molecule has 1 aromatic heterocycles. The minimum absolute atomic E-state index is 0.145. The number of ether oxygens (including phenoxy) is 1. The van der Waals surface area contributed by atoms with Gasteiger partial charge >= 0.3 is 5.97 Å². The Labute approximate surface area is 126 Å². The normalized spacial score (nSPS) is 9.86. The van der Waals surface area contributed by atoms with Crippen LogP contribution in [0.15, 0.2) is 47.6 Å². The molecule has 0 atom stereocenters. The largest absolute Gasteiger partial charge is 0.492 e. The monoisotopic (exact) mass is 300 g/mol. The third-order valence-electron chi connectivity index (χ3n) is 2.57. The van der Waals surface area contributed by atoms with Crippen LogP contribution in [0.2, 0.25) is 0 Å². The number of para-hydroxylation sites is 1. The fourth-order valence-electron chi connectivity index (χ4n) is 1.62. The smallest absolute Gasteiger partial charge is 0.339 e. The molecule has 0 aliphatic heterocycles. The zero-order valence-corrected chi connectivity index (χ0v) is 11.8. The number of thioether (sulfide) groups is 1. The molecule has 0 amide bonds. The van der Waals surface area contributed by atoms with Crippen molar-refractivity contribution in [1.82, 2.24) is 4.98 Å². The van der Waals surface area contributed by atoms with E-state index in [0.717, 1.165) is 5.03 Å². The van der Waals surface area contributed by atoms with E-state index in [1.54, 1.807) is 36.5 Å². The van der Waals surface area contributed by atoms with Crippen molar-refractivity contribution in [3.8, 4) is 11.8 Å². The first-order valence-electron chi connectivity index (χ1n) is 6.15. The predicted octanol–water partition coefficient (Wildman–Crippen LogP) is 2.82. The van der Waals surface area contributed by atoms with Gasteiger partial charge in [-0.1, -0.05) is 12.1 Å². The lowest BCUT2D eigenvalue weighted by atomic mass is 10.2. The van der Waals surface area contributed by atoms with Gasteiger partial charge in [-0.25, -0.2) is 9.78 Å². The van der Waals surface area contributed by atoms with E-state index in [4.69, 9.17) is 15.1 Å². The Hall–Kier alpha value is -2.52. The van der Waals surface area contributed by atoms with Gasteiger partial charge in [-0.2, -0.15) is 5.26 Å². The van der Waals surface area contributed by atoms with Crippen molar-refractivity contribution in [2.24, 2.45) is 0 Å². The van der Waals surface area contributed by atoms with Gasteiger partial charge in [0.15, 0.2) is 0 Å². The van der Waals surface area contributed by atoms with E-state index >= 15 is 0 Å². The van der Waals surface area contributed by atoms with Crippen molar-refractivity contribution in [2.75, 3.05) is 12.4 Å². The molecule has 0 saturated heterocycles. The van der Waals surface area contributed by atoms with E-state index in [2.05, 4.69) is 11.1 Å². The number of aromatic carboxylic acids is 1. The highest BCUT2D eigenvalue weighted by molar-refractivity contribution is 7.99. The lowest BCUT2D eigenvalue weighted by Crippen LogP contribution is -2.05. The molecule has 0 spiro atoms. The Morgan fingerprint density at radius 2 is 2.19 bits per heavy atom. The first-order valence-corrected chi connectivity index (χ1v) is 7.13. The molecule has 1 N–H and O–H groups in total. The Bertz CT molecular complexity index is 683. The van der Waals surface area contributed by atoms with E-state index in [0.29, 0.717) is 23.7 Å². The summed E-state index contributed by atoms with van der Waals surface area (Å²) in [6.07, 6.45) is 1.58. The van der Waals surface area contributed by atoms with Gasteiger partial charge in [0.25, 0.3) is 0 Å². The van der Waals surface area contributed by atoms with Crippen molar-refractivity contribution < 1.29 is 14.6 Å². The quantitative estimate of drug-likeness (QED) is 0.652. The minimum atomic E-state index is -1.01. The number of hydrogen-bond donors (Lipinski definition) is 1. The molecule has 0 aliphatic carbocycles. The molecule has 6 heteroatoms. The number of nitriles is 1. The van der Waals surface area contributed by atoms with Crippen LogP contribution < -0.4 is 4.74 Å². The molecule has 106 valence electrons. The summed E-state index contributed by atoms with van der Waals surface area (Å²) in [6, 6.07) is 11.9. The maximum atomic E-state index is 11.0. The molecule has 0 unspecified atom stereocenters. The van der Waals surface area contributed by atoms with E-state index in [1.165, 1.54) is 17.8 Å². The standard InChI is InChI=1S/C15H12N2O3S/c16-10-11-5-6-17-14(9-11)21-8-7-20-13-4-2-1-3-12(13)15(18)19/h1-6,9H,7-8H2,(H,18,19). The van der Waals surface area contributed by atoms with Crippen molar-refractivity contribution in [3.63, 3.8) is 0 Å². The Morgan fingerprint density at radius 3 is 2.95 bits per heavy atom. The Morgan fingerprint density at radius 1 is 1.38 bits per heavy atom. The van der Waals surface area contributed by atoms with Crippen LogP contribution in [-0.4, -0.2) is 28.4 Å². The molecule has 21 heavy (non-hydrogen) atoms. The SMILES string of the molecule is N#Cc1ccnc(SCCOc2ccccc2C(=O)O)c1. The van der Waals surface area contributed by atoms with Crippen LogP contribution in [0.5, 0.6) is 5.75 Å². The van der Waals surface area contributed by atoms with Crippen LogP contribution in [0.4, 0.5) is 0 Å². The number of hydrogen-bond acceptors (Lipinski definition) is 5. The second-order valence-corrected chi connectivity index (χ2v) is 5.11. The second kappa shape index (κ2) is 7.31. The second-order valence-electron chi connectivity index (χ2n) is 3.99. The van der Waals surface area contributed by atoms with Crippen LogP contribution >= 0.6 is 11.8 Å². The van der Waals surface area contributed by atoms with E-state index < -0.39 is 5.97 Å². The number of pyridine rings is 1. The number of nitrogens with zero attached hydrogens (tertiary/aromatic N) is 2. The molecule has 0 fully saturated rings. The maximum absolute atomic E-state index is 11.0. The van der Waals surface area contributed by atoms with Crippen LogP contribution in [-0.2, 0) is 0 Å². The van der Waals surface area contributed by atoms with Gasteiger partial charge in [0.05, 0.1) is 23.3 Å². The first-order chi connectivity index (χ1) is 10.2. The molecule has 0 saturated carbocycles. The number of aromatic nitrogens is 1. The van der Waals surface area contributed by atoms with Crippen LogP contribution in [0.3, 0.4) is 0 Å². The maximum Gasteiger partial charge on any atom is 0.339 e. The lowest BCUT2D eigenvalue weighted by molar-refractivity contribution is 0.0692. The fraction of sp³-hybridized carbons (Fsp3) is 0.133. The van der Waals surface area contributed by atoms with Crippen molar-refractivity contribution in [2.45, 2.75) is 5.03 Å². The molecule has 1 heterocycles. The average molecular weight is 300 g/mol. The summed E-state index contributed by atoms with van der Waals surface area (Å²) in [6.45, 7) is 0.355. The number of carboxylic acids is 1. The summed E-state index contributed by atoms with van der Waals surface area (Å²) in [5.41, 5.74) is 0.705. The molecule has 2 aromatic rings. The molecule has 2 rings (SSSR count). The van der Waals surface area contributed by atoms with E-state index in [-0.39, 0.29) is 5.56 Å². The molecule has 5 nitrogen and oxygen atoms in total. The van der Waals surface area contributed by atoms with E-state index in [1.807, 2.05) is 0 Å². The first kappa shape index (κ1) is 14.9. The lowest BCUT2D eigenvalue weighted by Gasteiger charge is -2.08. The van der Waals surface area contributed by atoms with Crippen LogP contribution in [0.25, 0.3) is 0 Å². The summed E-state index contributed by atoms with van der Waals surface area (Å²) in [5.74, 6) is -0.0542. The molecule has 0 radical (unpaired) electrons. The summed E-state index contributed by atoms with van der Waals surface area (Å²) >= 11 is 1.45. The highest BCUT2D eigenvalue weighted by atomic mass is 32.2. The number of rotatable bonds is 6. The molecule has 0 aliphatic rings. The Kier molecular flexibility index (Phi) is 5.18. The van der Waals surface area contributed by atoms with Gasteiger partial charge in [-0.05, 0) is 24.3 Å². The van der Waals surface area contributed by atoms with Crippen LogP contribution in [0, 0.1) is 11.3 Å². The highest BCUT2D eigenvalue weighted by Crippen LogP contribution is 2.20. The summed E-state index contributed by atoms with van der Waals surface area (Å²) in [5, 5.41) is 18.6. The number of carbonyl (C=O) groups is 1. The average Bonchev–Trinajstić information content (AvgIpc) is 2.52. The van der Waals surface area contributed by atoms with E-state index in [9.17, 15) is 4.79 Å². The van der Waals surface area contributed by atoms with Crippen LogP contribution in [0.1, 0.15) is 15.9 Å². The summed E-state index contributed by atoms with van der Waals surface area (Å²) in [7, 11) is 0. The predicted molar refractivity (Wildman–Crippen MR) is 78.6 cm³/mol. The van der Waals surface area contributed by atoms with Crippen molar-refractivity contribution in [1.29, 1.82) is 5.26 Å². The van der Waals surface area contributed by atoms with Gasteiger partial charge in [0.2, 0.25) is 0 Å². The third kappa shape index (κ3) is 4.23. The highest BCUT2D eigenvalue weighted by Gasteiger charge is 2.09. The molecular formula is C15H12N2O3S. The molecule has 1 aromatic carbocycles. The number of benzene rings is 1. The van der Waals surface area contributed by atoms with Crippen molar-refractivity contribution >= 4 is 17.7 Å². The van der Waals surface area contributed by atoms with Gasteiger partial charge in [0.1, 0.15) is 11.3 Å². The third-order valence-corrected chi connectivity index (χ3v) is 3.46. The zero-order chi connectivity index (χ0) is 15.1. The molecular weight excluding hydrogens is 288 g/mol. The van der Waals surface area contributed by atoms with Gasteiger partial charge < -0.3 is 9.84 Å². The van der Waals surface area contributed by atoms with Gasteiger partial charge in [-0.3, -0.25) is 0 Å². The van der Waals surface area contributed by atoms with Crippen molar-refractivity contribution in [3.05, 3.63) is 53.7 Å². The number of carboxylic acid groups (broad SMARTS) is 1. The summed E-state index contributed by atoms with van der Waals surface area (Å²) in [4.78, 5) is 15.2. The molecule has 0 bridgehead atoms. The Balaban J connectivity index is 1.88. The topological polar surface area (TPSA) is 83.2 Å². The zero-order valence-electron chi connectivity index (χ0n) is 11.0. The summed E-state index contributed by atoms with van der Waals surface area (Å²) < 4.78 is 5.48.